The lowest BCUT2D eigenvalue weighted by Crippen LogP contribution is -2.46. The second-order valence-electron chi connectivity index (χ2n) is 6.06. The van der Waals surface area contributed by atoms with E-state index in [0.717, 1.165) is 0 Å². The fourth-order valence-corrected chi connectivity index (χ4v) is 2.56. The van der Waals surface area contributed by atoms with Gasteiger partial charge in [-0.15, -0.1) is 12.4 Å². The molecule has 2 rings (SSSR count). The van der Waals surface area contributed by atoms with Gasteiger partial charge in [-0.05, 0) is 13.3 Å². The number of nitrogens with two attached hydrogens (primary N) is 1. The van der Waals surface area contributed by atoms with Crippen LogP contribution in [-0.2, 0) is 9.59 Å². The van der Waals surface area contributed by atoms with Crippen molar-refractivity contribution in [2.24, 2.45) is 11.7 Å². The number of nitrogens with zero attached hydrogens (tertiary/aromatic N) is 1. The number of benzene rings is 1. The summed E-state index contributed by atoms with van der Waals surface area (Å²) in [5.41, 5.74) is 6.43. The van der Waals surface area contributed by atoms with E-state index >= 15 is 0 Å². The van der Waals surface area contributed by atoms with Crippen molar-refractivity contribution >= 4 is 29.9 Å². The molecule has 140 valence electrons. The Kier molecular flexibility index (Phi) is 7.51. The average molecular weight is 372 g/mol. The average Bonchev–Trinajstić information content (AvgIpc) is 2.94. The maximum Gasteiger partial charge on any atom is 0.249 e. The van der Waals surface area contributed by atoms with Crippen molar-refractivity contribution in [2.45, 2.75) is 32.4 Å². The van der Waals surface area contributed by atoms with Crippen molar-refractivity contribution in [2.75, 3.05) is 25.7 Å². The quantitative estimate of drug-likeness (QED) is 0.786. The zero-order valence-corrected chi connectivity index (χ0v) is 15.8. The van der Waals surface area contributed by atoms with E-state index < -0.39 is 6.04 Å². The molecule has 3 unspecified atom stereocenters. The Labute approximate surface area is 154 Å². The first-order valence-electron chi connectivity index (χ1n) is 7.97. The molecule has 0 spiro atoms. The van der Waals surface area contributed by atoms with Crippen LogP contribution in [0.3, 0.4) is 0 Å². The van der Waals surface area contributed by atoms with E-state index in [9.17, 15) is 9.59 Å². The number of ether oxygens (including phenoxy) is 2. The third-order valence-corrected chi connectivity index (χ3v) is 4.37. The zero-order chi connectivity index (χ0) is 17.9. The number of hydrogen-bond acceptors (Lipinski definition) is 5. The molecule has 1 aromatic carbocycles. The summed E-state index contributed by atoms with van der Waals surface area (Å²) in [5.74, 6) is 0.526. The summed E-state index contributed by atoms with van der Waals surface area (Å²) in [6.07, 6.45) is 0.551. The molecule has 8 heteroatoms. The highest BCUT2D eigenvalue weighted by Crippen LogP contribution is 2.31. The molecule has 0 bridgehead atoms. The van der Waals surface area contributed by atoms with Crippen LogP contribution in [0.2, 0.25) is 0 Å². The first-order chi connectivity index (χ1) is 11.4. The van der Waals surface area contributed by atoms with Crippen LogP contribution in [0.4, 0.5) is 5.69 Å². The molecule has 1 heterocycles. The first-order valence-corrected chi connectivity index (χ1v) is 7.97. The molecule has 25 heavy (non-hydrogen) atoms. The monoisotopic (exact) mass is 371 g/mol. The second kappa shape index (κ2) is 8.92. The number of hydrogen-bond donors (Lipinski definition) is 2. The van der Waals surface area contributed by atoms with E-state index in [-0.39, 0.29) is 36.2 Å². The van der Waals surface area contributed by atoms with E-state index in [1.54, 1.807) is 51.2 Å². The van der Waals surface area contributed by atoms with Crippen LogP contribution in [0.15, 0.2) is 18.2 Å². The van der Waals surface area contributed by atoms with Gasteiger partial charge in [0.05, 0.1) is 19.9 Å². The number of amides is 2. The molecule has 0 radical (unpaired) electrons. The third-order valence-electron chi connectivity index (χ3n) is 4.37. The smallest absolute Gasteiger partial charge is 0.249 e. The minimum atomic E-state index is -0.532. The molecule has 1 aliphatic rings. The molecule has 3 N–H and O–H groups in total. The molecule has 2 amide bonds. The molecule has 0 aliphatic carbocycles. The fraction of sp³-hybridized carbons (Fsp3) is 0.529. The summed E-state index contributed by atoms with van der Waals surface area (Å²) < 4.78 is 10.5. The Hall–Kier alpha value is -1.99. The van der Waals surface area contributed by atoms with Crippen molar-refractivity contribution in [1.29, 1.82) is 0 Å². The van der Waals surface area contributed by atoms with E-state index in [0.29, 0.717) is 30.2 Å². The van der Waals surface area contributed by atoms with Gasteiger partial charge in [0.15, 0.2) is 0 Å². The summed E-state index contributed by atoms with van der Waals surface area (Å²) >= 11 is 0. The van der Waals surface area contributed by atoms with E-state index in [2.05, 4.69) is 5.32 Å². The largest absolute Gasteiger partial charge is 0.497 e. The summed E-state index contributed by atoms with van der Waals surface area (Å²) in [5, 5.41) is 2.79. The van der Waals surface area contributed by atoms with Crippen LogP contribution >= 0.6 is 12.4 Å². The zero-order valence-electron chi connectivity index (χ0n) is 14.9. The maximum atomic E-state index is 12.6. The molecule has 1 saturated heterocycles. The van der Waals surface area contributed by atoms with Crippen molar-refractivity contribution < 1.29 is 19.1 Å². The minimum absolute atomic E-state index is 0. The lowest BCUT2D eigenvalue weighted by Gasteiger charge is -2.20. The Balaban J connectivity index is 0.00000312. The molecule has 1 fully saturated rings. The van der Waals surface area contributed by atoms with Crippen LogP contribution in [0.1, 0.15) is 20.3 Å². The molecule has 1 aromatic rings. The highest BCUT2D eigenvalue weighted by molar-refractivity contribution is 6.01. The predicted octanol–water partition coefficient (Wildman–Crippen LogP) is 1.33. The Morgan fingerprint density at radius 2 is 1.80 bits per heavy atom. The van der Waals surface area contributed by atoms with Crippen molar-refractivity contribution in [3.8, 4) is 11.5 Å². The SMILES string of the molecule is COc1cc(OC)cc(N2CCC(NC(=O)C(C)C(C)N)C2=O)c1.Cl. The van der Waals surface area contributed by atoms with Gasteiger partial charge in [0, 0.05) is 36.7 Å². The van der Waals surface area contributed by atoms with Crippen molar-refractivity contribution in [3.05, 3.63) is 18.2 Å². The summed E-state index contributed by atoms with van der Waals surface area (Å²) in [4.78, 5) is 26.4. The van der Waals surface area contributed by atoms with Gasteiger partial charge >= 0.3 is 0 Å². The van der Waals surface area contributed by atoms with Gasteiger partial charge in [0.25, 0.3) is 0 Å². The number of rotatable bonds is 6. The number of carbonyl (C=O) groups excluding carboxylic acids is 2. The van der Waals surface area contributed by atoms with E-state index in [4.69, 9.17) is 15.2 Å². The van der Waals surface area contributed by atoms with Gasteiger partial charge in [-0.1, -0.05) is 6.92 Å². The number of halogens is 1. The number of nitrogens with one attached hydrogen (secondary N) is 1. The predicted molar refractivity (Wildman–Crippen MR) is 98.5 cm³/mol. The van der Waals surface area contributed by atoms with E-state index in [1.165, 1.54) is 0 Å². The summed E-state index contributed by atoms with van der Waals surface area (Å²) in [7, 11) is 3.12. The van der Waals surface area contributed by atoms with Gasteiger partial charge < -0.3 is 25.4 Å². The molecular weight excluding hydrogens is 346 g/mol. The molecule has 0 saturated carbocycles. The van der Waals surface area contributed by atoms with Gasteiger partial charge in [0.1, 0.15) is 17.5 Å². The van der Waals surface area contributed by atoms with Crippen LogP contribution in [0, 0.1) is 5.92 Å². The Bertz CT molecular complexity index is 602. The van der Waals surface area contributed by atoms with Crippen LogP contribution in [0.5, 0.6) is 11.5 Å². The number of carbonyl (C=O) groups is 2. The van der Waals surface area contributed by atoms with E-state index in [1.807, 2.05) is 0 Å². The molecule has 7 nitrogen and oxygen atoms in total. The minimum Gasteiger partial charge on any atom is -0.497 e. The van der Waals surface area contributed by atoms with Crippen molar-refractivity contribution in [1.82, 2.24) is 5.32 Å². The normalized spacial score (nSPS) is 19.0. The van der Waals surface area contributed by atoms with Crippen LogP contribution < -0.4 is 25.4 Å². The topological polar surface area (TPSA) is 93.9 Å². The maximum absolute atomic E-state index is 12.6. The summed E-state index contributed by atoms with van der Waals surface area (Å²) in [6, 6.07) is 4.49. The molecular formula is C17H26ClN3O4. The lowest BCUT2D eigenvalue weighted by atomic mass is 10.0. The molecule has 1 aliphatic heterocycles. The molecule has 3 atom stereocenters. The third kappa shape index (κ3) is 4.76. The van der Waals surface area contributed by atoms with Crippen molar-refractivity contribution in [3.63, 3.8) is 0 Å². The molecule has 0 aromatic heterocycles. The lowest BCUT2D eigenvalue weighted by molar-refractivity contribution is -0.129. The fourth-order valence-electron chi connectivity index (χ4n) is 2.56. The van der Waals surface area contributed by atoms with Crippen LogP contribution in [-0.4, -0.2) is 44.7 Å². The van der Waals surface area contributed by atoms with Gasteiger partial charge in [-0.2, -0.15) is 0 Å². The van der Waals surface area contributed by atoms with Gasteiger partial charge in [-0.3, -0.25) is 9.59 Å². The highest BCUT2D eigenvalue weighted by atomic mass is 35.5. The Morgan fingerprint density at radius 1 is 1.24 bits per heavy atom. The van der Waals surface area contributed by atoms with Gasteiger partial charge in [0.2, 0.25) is 11.8 Å². The van der Waals surface area contributed by atoms with Crippen LogP contribution in [0.25, 0.3) is 0 Å². The number of methoxy groups -OCH3 is 2. The van der Waals surface area contributed by atoms with Gasteiger partial charge in [-0.25, -0.2) is 0 Å². The summed E-state index contributed by atoms with van der Waals surface area (Å²) in [6.45, 7) is 4.05. The highest BCUT2D eigenvalue weighted by Gasteiger charge is 2.35. The second-order valence-corrected chi connectivity index (χ2v) is 6.06. The number of anilines is 1. The first kappa shape index (κ1) is 21.1. The standard InChI is InChI=1S/C17H25N3O4.ClH/c1-10(11(2)18)16(21)19-15-5-6-20(17(15)22)12-7-13(23-3)9-14(8-12)24-4;/h7-11,15H,5-6,18H2,1-4H3,(H,19,21);1H. The Morgan fingerprint density at radius 3 is 2.28 bits per heavy atom.